The maximum atomic E-state index is 10.8. The lowest BCUT2D eigenvalue weighted by atomic mass is 9.94. The Labute approximate surface area is 92.3 Å². The zero-order valence-corrected chi connectivity index (χ0v) is 8.95. The Balaban J connectivity index is 2.91. The molecule has 5 heteroatoms. The fourth-order valence-corrected chi connectivity index (χ4v) is 1.36. The molecular formula is C10H12ClNO3. The van der Waals surface area contributed by atoms with E-state index in [4.69, 9.17) is 22.4 Å². The van der Waals surface area contributed by atoms with Crippen molar-refractivity contribution in [3.05, 3.63) is 28.8 Å². The summed E-state index contributed by atoms with van der Waals surface area (Å²) in [6, 6.07) is 4.51. The number of hydrogen-bond acceptors (Lipinski definition) is 3. The first-order valence-electron chi connectivity index (χ1n) is 4.32. The van der Waals surface area contributed by atoms with Gasteiger partial charge in [-0.05, 0) is 24.6 Å². The third-order valence-corrected chi connectivity index (χ3v) is 2.37. The standard InChI is InChI=1S/C10H12ClNO3/c1-10(12,9(14)15)5-6-2-3-8(13)7(11)4-6/h2-4,13H,5,12H2,1H3,(H,14,15)/t10-/m1/s1. The first kappa shape index (κ1) is 11.8. The van der Waals surface area contributed by atoms with Crippen LogP contribution >= 0.6 is 11.6 Å². The predicted octanol–water partition coefficient (Wildman–Crippen LogP) is 1.39. The van der Waals surface area contributed by atoms with E-state index in [2.05, 4.69) is 0 Å². The fourth-order valence-electron chi connectivity index (χ4n) is 1.16. The first-order chi connectivity index (χ1) is 6.83. The zero-order chi connectivity index (χ0) is 11.6. The maximum absolute atomic E-state index is 10.8. The molecule has 15 heavy (non-hydrogen) atoms. The van der Waals surface area contributed by atoms with Gasteiger partial charge in [0.25, 0.3) is 0 Å². The van der Waals surface area contributed by atoms with Gasteiger partial charge in [0.05, 0.1) is 5.02 Å². The Morgan fingerprint density at radius 2 is 2.20 bits per heavy atom. The molecule has 0 amide bonds. The minimum absolute atomic E-state index is 0.0329. The molecule has 82 valence electrons. The van der Waals surface area contributed by atoms with Gasteiger partial charge in [-0.3, -0.25) is 4.79 Å². The van der Waals surface area contributed by atoms with E-state index in [1.54, 1.807) is 6.07 Å². The second-order valence-electron chi connectivity index (χ2n) is 3.69. The number of benzene rings is 1. The number of nitrogens with two attached hydrogens (primary N) is 1. The van der Waals surface area contributed by atoms with E-state index >= 15 is 0 Å². The minimum Gasteiger partial charge on any atom is -0.506 e. The number of carboxylic acid groups (broad SMARTS) is 1. The van der Waals surface area contributed by atoms with E-state index in [1.807, 2.05) is 0 Å². The molecule has 0 radical (unpaired) electrons. The van der Waals surface area contributed by atoms with Crippen molar-refractivity contribution in [2.75, 3.05) is 0 Å². The molecule has 1 atom stereocenters. The van der Waals surface area contributed by atoms with Crippen molar-refractivity contribution >= 4 is 17.6 Å². The molecule has 0 fully saturated rings. The molecule has 4 nitrogen and oxygen atoms in total. The molecule has 0 aromatic heterocycles. The lowest BCUT2D eigenvalue weighted by Gasteiger charge is -2.19. The van der Waals surface area contributed by atoms with Crippen LogP contribution in [0.1, 0.15) is 12.5 Å². The van der Waals surface area contributed by atoms with Gasteiger partial charge in [-0.1, -0.05) is 17.7 Å². The van der Waals surface area contributed by atoms with Gasteiger partial charge < -0.3 is 15.9 Å². The molecule has 0 spiro atoms. The number of carboxylic acids is 1. The maximum Gasteiger partial charge on any atom is 0.323 e. The smallest absolute Gasteiger partial charge is 0.323 e. The lowest BCUT2D eigenvalue weighted by molar-refractivity contribution is -0.142. The van der Waals surface area contributed by atoms with Gasteiger partial charge in [0.2, 0.25) is 0 Å². The molecule has 1 rings (SSSR count). The topological polar surface area (TPSA) is 83.5 Å². The fraction of sp³-hybridized carbons (Fsp3) is 0.300. The number of aliphatic carboxylic acids is 1. The van der Waals surface area contributed by atoms with Gasteiger partial charge in [-0.2, -0.15) is 0 Å². The highest BCUT2D eigenvalue weighted by Gasteiger charge is 2.28. The molecule has 4 N–H and O–H groups in total. The number of rotatable bonds is 3. The summed E-state index contributed by atoms with van der Waals surface area (Å²) in [5, 5.41) is 18.2. The van der Waals surface area contributed by atoms with E-state index in [-0.39, 0.29) is 17.2 Å². The van der Waals surface area contributed by atoms with Crippen molar-refractivity contribution in [2.45, 2.75) is 18.9 Å². The van der Waals surface area contributed by atoms with Crippen LogP contribution in [0.2, 0.25) is 5.02 Å². The van der Waals surface area contributed by atoms with Crippen molar-refractivity contribution in [3.63, 3.8) is 0 Å². The van der Waals surface area contributed by atoms with Crippen molar-refractivity contribution in [1.29, 1.82) is 0 Å². The SMILES string of the molecule is C[C@@](N)(Cc1ccc(O)c(Cl)c1)C(=O)O. The van der Waals surface area contributed by atoms with Crippen molar-refractivity contribution in [3.8, 4) is 5.75 Å². The molecule has 0 aliphatic heterocycles. The Morgan fingerprint density at radius 3 is 2.67 bits per heavy atom. The lowest BCUT2D eigenvalue weighted by Crippen LogP contribution is -2.46. The van der Waals surface area contributed by atoms with Crippen LogP contribution in [0.25, 0.3) is 0 Å². The Hall–Kier alpha value is -1.26. The average Bonchev–Trinajstić information content (AvgIpc) is 2.10. The van der Waals surface area contributed by atoms with Crippen LogP contribution in [-0.2, 0) is 11.2 Å². The van der Waals surface area contributed by atoms with Gasteiger partial charge in [0, 0.05) is 6.42 Å². The van der Waals surface area contributed by atoms with Crippen LogP contribution in [0.15, 0.2) is 18.2 Å². The number of phenolic OH excluding ortho intramolecular Hbond substituents is 1. The third-order valence-electron chi connectivity index (χ3n) is 2.07. The summed E-state index contributed by atoms with van der Waals surface area (Å²) in [5.41, 5.74) is 4.91. The Kier molecular flexibility index (Phi) is 3.21. The van der Waals surface area contributed by atoms with Crippen LogP contribution in [0.4, 0.5) is 0 Å². The van der Waals surface area contributed by atoms with Crippen LogP contribution < -0.4 is 5.73 Å². The summed E-state index contributed by atoms with van der Waals surface area (Å²) in [4.78, 5) is 10.8. The summed E-state index contributed by atoms with van der Waals surface area (Å²) in [5.74, 6) is -1.11. The van der Waals surface area contributed by atoms with Crippen LogP contribution in [-0.4, -0.2) is 21.7 Å². The number of carbonyl (C=O) groups is 1. The first-order valence-corrected chi connectivity index (χ1v) is 4.70. The average molecular weight is 230 g/mol. The van der Waals surface area contributed by atoms with Crippen LogP contribution in [0.5, 0.6) is 5.75 Å². The Morgan fingerprint density at radius 1 is 1.60 bits per heavy atom. The highest BCUT2D eigenvalue weighted by atomic mass is 35.5. The van der Waals surface area contributed by atoms with E-state index in [9.17, 15) is 9.90 Å². The minimum atomic E-state index is -1.33. The van der Waals surface area contributed by atoms with E-state index in [0.29, 0.717) is 5.56 Å². The monoisotopic (exact) mass is 229 g/mol. The van der Waals surface area contributed by atoms with Crippen LogP contribution in [0.3, 0.4) is 0 Å². The molecule has 0 bridgehead atoms. The van der Waals surface area contributed by atoms with Crippen molar-refractivity contribution < 1.29 is 15.0 Å². The number of phenols is 1. The largest absolute Gasteiger partial charge is 0.506 e. The number of hydrogen-bond donors (Lipinski definition) is 3. The van der Waals surface area contributed by atoms with Gasteiger partial charge >= 0.3 is 5.97 Å². The molecule has 0 heterocycles. The highest BCUT2D eigenvalue weighted by Crippen LogP contribution is 2.25. The van der Waals surface area contributed by atoms with Gasteiger partial charge in [-0.15, -0.1) is 0 Å². The van der Waals surface area contributed by atoms with Crippen molar-refractivity contribution in [1.82, 2.24) is 0 Å². The summed E-state index contributed by atoms with van der Waals surface area (Å²) < 4.78 is 0. The summed E-state index contributed by atoms with van der Waals surface area (Å²) in [7, 11) is 0. The molecule has 0 aliphatic carbocycles. The zero-order valence-electron chi connectivity index (χ0n) is 8.20. The summed E-state index contributed by atoms with van der Waals surface area (Å²) in [6.45, 7) is 1.43. The van der Waals surface area contributed by atoms with Crippen LogP contribution in [0, 0.1) is 0 Å². The highest BCUT2D eigenvalue weighted by molar-refractivity contribution is 6.32. The van der Waals surface area contributed by atoms with E-state index in [0.717, 1.165) is 0 Å². The van der Waals surface area contributed by atoms with E-state index in [1.165, 1.54) is 19.1 Å². The summed E-state index contributed by atoms with van der Waals surface area (Å²) in [6.07, 6.45) is 0.155. The third kappa shape index (κ3) is 2.84. The molecule has 0 aliphatic rings. The normalized spacial score (nSPS) is 14.6. The molecular weight excluding hydrogens is 218 g/mol. The van der Waals surface area contributed by atoms with Gasteiger partial charge in [0.1, 0.15) is 11.3 Å². The van der Waals surface area contributed by atoms with Gasteiger partial charge in [-0.25, -0.2) is 0 Å². The van der Waals surface area contributed by atoms with Gasteiger partial charge in [0.15, 0.2) is 0 Å². The summed E-state index contributed by atoms with van der Waals surface area (Å²) >= 11 is 5.68. The second kappa shape index (κ2) is 4.08. The second-order valence-corrected chi connectivity index (χ2v) is 4.09. The number of aromatic hydroxyl groups is 1. The molecule has 1 aromatic rings. The number of halogens is 1. The predicted molar refractivity (Wildman–Crippen MR) is 57.0 cm³/mol. The Bertz CT molecular complexity index is 390. The quantitative estimate of drug-likeness (QED) is 0.731. The van der Waals surface area contributed by atoms with Crippen molar-refractivity contribution in [2.24, 2.45) is 5.73 Å². The molecule has 1 aromatic carbocycles. The molecule has 0 saturated heterocycles. The van der Waals surface area contributed by atoms with E-state index < -0.39 is 11.5 Å². The molecule has 0 unspecified atom stereocenters. The molecule has 0 saturated carbocycles.